The fourth-order valence-electron chi connectivity index (χ4n) is 2.53. The summed E-state index contributed by atoms with van der Waals surface area (Å²) >= 11 is 0. The third-order valence-corrected chi connectivity index (χ3v) is 3.74. The van der Waals surface area contributed by atoms with Crippen molar-refractivity contribution in [2.24, 2.45) is 11.0 Å². The Labute approximate surface area is 144 Å². The van der Waals surface area contributed by atoms with Crippen molar-refractivity contribution < 1.29 is 4.79 Å². The predicted octanol–water partition coefficient (Wildman–Crippen LogP) is 4.58. The Balaban J connectivity index is 1.87. The third-order valence-electron chi connectivity index (χ3n) is 3.74. The Bertz CT molecular complexity index is 648. The molecule has 2 aromatic carbocycles. The molecule has 0 fully saturated rings. The maximum absolute atomic E-state index is 12.0. The molecule has 0 aliphatic heterocycles. The number of nitrogens with zero attached hydrogens (tertiary/aromatic N) is 1. The van der Waals surface area contributed by atoms with Gasteiger partial charge in [-0.1, -0.05) is 74.5 Å². The third kappa shape index (κ3) is 6.37. The average molecular weight is 322 g/mol. The lowest BCUT2D eigenvalue weighted by Gasteiger charge is -2.10. The van der Waals surface area contributed by atoms with Gasteiger partial charge in [-0.05, 0) is 36.3 Å². The number of hydrogen-bond acceptors (Lipinski definition) is 2. The monoisotopic (exact) mass is 322 g/mol. The molecule has 3 nitrogen and oxygen atoms in total. The summed E-state index contributed by atoms with van der Waals surface area (Å²) in [5.74, 6) is 0.460. The van der Waals surface area contributed by atoms with E-state index >= 15 is 0 Å². The molecular formula is C21H26N2O. The molecule has 0 spiro atoms. The molecule has 2 aromatic rings. The highest BCUT2D eigenvalue weighted by Crippen LogP contribution is 2.10. The SMILES string of the molecule is CC(C)CC(=NNC(=O)CCCc1ccccc1)c1ccccc1. The summed E-state index contributed by atoms with van der Waals surface area (Å²) in [5.41, 5.74) is 5.98. The molecule has 24 heavy (non-hydrogen) atoms. The number of amides is 1. The molecule has 0 bridgehead atoms. The van der Waals surface area contributed by atoms with Crippen LogP contribution in [0.3, 0.4) is 0 Å². The van der Waals surface area contributed by atoms with Crippen molar-refractivity contribution in [2.45, 2.75) is 39.5 Å². The van der Waals surface area contributed by atoms with E-state index in [0.29, 0.717) is 12.3 Å². The second-order valence-corrected chi connectivity index (χ2v) is 6.40. The fraction of sp³-hybridized carbons (Fsp3) is 0.333. The van der Waals surface area contributed by atoms with Gasteiger partial charge in [-0.2, -0.15) is 5.10 Å². The van der Waals surface area contributed by atoms with Crippen LogP contribution in [0.1, 0.15) is 44.2 Å². The van der Waals surface area contributed by atoms with Crippen molar-refractivity contribution in [1.29, 1.82) is 0 Å². The quantitative estimate of drug-likeness (QED) is 0.561. The van der Waals surface area contributed by atoms with Crippen LogP contribution in [0, 0.1) is 5.92 Å². The van der Waals surface area contributed by atoms with Crippen LogP contribution in [0.15, 0.2) is 65.8 Å². The van der Waals surface area contributed by atoms with Gasteiger partial charge in [0.2, 0.25) is 5.91 Å². The number of carbonyl (C=O) groups is 1. The van der Waals surface area contributed by atoms with Gasteiger partial charge in [0, 0.05) is 6.42 Å². The lowest BCUT2D eigenvalue weighted by Crippen LogP contribution is -2.20. The Kier molecular flexibility index (Phi) is 7.21. The molecular weight excluding hydrogens is 296 g/mol. The van der Waals surface area contributed by atoms with E-state index in [9.17, 15) is 4.79 Å². The molecule has 2 rings (SSSR count). The molecule has 0 aliphatic rings. The number of hydrogen-bond donors (Lipinski definition) is 1. The van der Waals surface area contributed by atoms with E-state index in [-0.39, 0.29) is 5.91 Å². The lowest BCUT2D eigenvalue weighted by atomic mass is 10.0. The number of aryl methyl sites for hydroxylation is 1. The first-order valence-corrected chi connectivity index (χ1v) is 8.60. The summed E-state index contributed by atoms with van der Waals surface area (Å²) in [7, 11) is 0. The van der Waals surface area contributed by atoms with Gasteiger partial charge >= 0.3 is 0 Å². The van der Waals surface area contributed by atoms with E-state index in [2.05, 4.69) is 36.5 Å². The van der Waals surface area contributed by atoms with Gasteiger partial charge in [-0.3, -0.25) is 4.79 Å². The zero-order chi connectivity index (χ0) is 17.2. The molecule has 0 saturated heterocycles. The smallest absolute Gasteiger partial charge is 0.240 e. The van der Waals surface area contributed by atoms with E-state index in [4.69, 9.17) is 0 Å². The van der Waals surface area contributed by atoms with Gasteiger partial charge in [-0.25, -0.2) is 5.43 Å². The largest absolute Gasteiger partial charge is 0.273 e. The minimum absolute atomic E-state index is 0.0249. The molecule has 0 radical (unpaired) electrons. The molecule has 0 heterocycles. The van der Waals surface area contributed by atoms with Gasteiger partial charge in [-0.15, -0.1) is 0 Å². The summed E-state index contributed by atoms with van der Waals surface area (Å²) in [6.07, 6.45) is 3.07. The van der Waals surface area contributed by atoms with Crippen LogP contribution in [-0.2, 0) is 11.2 Å². The molecule has 126 valence electrons. The molecule has 1 amide bonds. The van der Waals surface area contributed by atoms with E-state index in [1.54, 1.807) is 0 Å². The molecule has 0 saturated carbocycles. The zero-order valence-electron chi connectivity index (χ0n) is 14.5. The highest BCUT2D eigenvalue weighted by Gasteiger charge is 2.07. The highest BCUT2D eigenvalue weighted by molar-refractivity contribution is 6.01. The van der Waals surface area contributed by atoms with Gasteiger partial charge < -0.3 is 0 Å². The van der Waals surface area contributed by atoms with Crippen molar-refractivity contribution in [1.82, 2.24) is 5.43 Å². The minimum atomic E-state index is -0.0249. The molecule has 0 aromatic heterocycles. The first kappa shape index (κ1) is 17.9. The van der Waals surface area contributed by atoms with Crippen LogP contribution in [0.25, 0.3) is 0 Å². The number of rotatable bonds is 8. The van der Waals surface area contributed by atoms with Crippen molar-refractivity contribution in [3.05, 3.63) is 71.8 Å². The zero-order valence-corrected chi connectivity index (χ0v) is 14.5. The first-order valence-electron chi connectivity index (χ1n) is 8.60. The maximum atomic E-state index is 12.0. The Morgan fingerprint density at radius 3 is 2.25 bits per heavy atom. The Morgan fingerprint density at radius 2 is 1.62 bits per heavy atom. The topological polar surface area (TPSA) is 41.5 Å². The number of carbonyl (C=O) groups excluding carboxylic acids is 1. The van der Waals surface area contributed by atoms with E-state index in [0.717, 1.165) is 30.5 Å². The van der Waals surface area contributed by atoms with Crippen LogP contribution in [0.2, 0.25) is 0 Å². The highest BCUT2D eigenvalue weighted by atomic mass is 16.2. The fourth-order valence-corrected chi connectivity index (χ4v) is 2.53. The summed E-state index contributed by atoms with van der Waals surface area (Å²) in [6.45, 7) is 4.31. The van der Waals surface area contributed by atoms with Crippen molar-refractivity contribution in [2.75, 3.05) is 0 Å². The molecule has 3 heteroatoms. The number of hydrazone groups is 1. The van der Waals surface area contributed by atoms with E-state index < -0.39 is 0 Å². The lowest BCUT2D eigenvalue weighted by molar-refractivity contribution is -0.121. The minimum Gasteiger partial charge on any atom is -0.273 e. The molecule has 0 atom stereocenters. The van der Waals surface area contributed by atoms with Crippen molar-refractivity contribution >= 4 is 11.6 Å². The summed E-state index contributed by atoms with van der Waals surface area (Å²) in [6, 6.07) is 20.3. The van der Waals surface area contributed by atoms with E-state index in [1.807, 2.05) is 48.5 Å². The standard InChI is InChI=1S/C21H26N2O/c1-17(2)16-20(19-13-7-4-8-14-19)22-23-21(24)15-9-12-18-10-5-3-6-11-18/h3-8,10-11,13-14,17H,9,12,15-16H2,1-2H3,(H,23,24). The van der Waals surface area contributed by atoms with Gasteiger partial charge in [0.1, 0.15) is 0 Å². The van der Waals surface area contributed by atoms with E-state index in [1.165, 1.54) is 5.56 Å². The van der Waals surface area contributed by atoms with Gasteiger partial charge in [0.05, 0.1) is 5.71 Å². The van der Waals surface area contributed by atoms with Crippen LogP contribution in [0.5, 0.6) is 0 Å². The molecule has 0 unspecified atom stereocenters. The molecule has 1 N–H and O–H groups in total. The Morgan fingerprint density at radius 1 is 1.00 bits per heavy atom. The van der Waals surface area contributed by atoms with Gasteiger partial charge in [0.25, 0.3) is 0 Å². The number of nitrogens with one attached hydrogen (secondary N) is 1. The van der Waals surface area contributed by atoms with Crippen LogP contribution < -0.4 is 5.43 Å². The predicted molar refractivity (Wildman–Crippen MR) is 100.0 cm³/mol. The number of benzene rings is 2. The average Bonchev–Trinajstić information content (AvgIpc) is 2.60. The second-order valence-electron chi connectivity index (χ2n) is 6.40. The first-order chi connectivity index (χ1) is 11.6. The summed E-state index contributed by atoms with van der Waals surface area (Å²) < 4.78 is 0. The second kappa shape index (κ2) is 9.66. The van der Waals surface area contributed by atoms with Crippen LogP contribution in [-0.4, -0.2) is 11.6 Å². The van der Waals surface area contributed by atoms with Gasteiger partial charge in [0.15, 0.2) is 0 Å². The van der Waals surface area contributed by atoms with Crippen LogP contribution in [0.4, 0.5) is 0 Å². The summed E-state index contributed by atoms with van der Waals surface area (Å²) in [5, 5.41) is 4.38. The Hall–Kier alpha value is -2.42. The van der Waals surface area contributed by atoms with Crippen molar-refractivity contribution in [3.63, 3.8) is 0 Å². The normalized spacial score (nSPS) is 11.5. The van der Waals surface area contributed by atoms with Crippen molar-refractivity contribution in [3.8, 4) is 0 Å². The maximum Gasteiger partial charge on any atom is 0.240 e. The van der Waals surface area contributed by atoms with Crippen LogP contribution >= 0.6 is 0 Å². The summed E-state index contributed by atoms with van der Waals surface area (Å²) in [4.78, 5) is 12.0. The molecule has 0 aliphatic carbocycles.